The van der Waals surface area contributed by atoms with Gasteiger partial charge in [0.2, 0.25) is 0 Å². The van der Waals surface area contributed by atoms with Gasteiger partial charge in [-0.1, -0.05) is 31.0 Å². The van der Waals surface area contributed by atoms with Crippen molar-refractivity contribution in [2.45, 2.75) is 40.5 Å². The van der Waals surface area contributed by atoms with Crippen LogP contribution in [0, 0.1) is 20.8 Å². The zero-order valence-electron chi connectivity index (χ0n) is 16.0. The Bertz CT molecular complexity index is 561. The summed E-state index contributed by atoms with van der Waals surface area (Å²) in [6.07, 6.45) is 2.08. The summed E-state index contributed by atoms with van der Waals surface area (Å²) in [5.74, 6) is 0.0167. The van der Waals surface area contributed by atoms with Crippen LogP contribution in [0.4, 0.5) is 5.69 Å². The summed E-state index contributed by atoms with van der Waals surface area (Å²) in [4.78, 5) is 27.0. The van der Waals surface area contributed by atoms with E-state index in [-0.39, 0.29) is 18.4 Å². The predicted octanol–water partition coefficient (Wildman–Crippen LogP) is 1.32. The van der Waals surface area contributed by atoms with Crippen LogP contribution in [0.3, 0.4) is 0 Å². The molecule has 5 nitrogen and oxygen atoms in total. The van der Waals surface area contributed by atoms with Crippen molar-refractivity contribution in [3.05, 3.63) is 28.8 Å². The molecule has 1 aromatic carbocycles. The van der Waals surface area contributed by atoms with Crippen molar-refractivity contribution in [3.63, 3.8) is 0 Å². The van der Waals surface area contributed by atoms with Crippen LogP contribution in [0.5, 0.6) is 0 Å². The molecule has 1 aromatic rings. The van der Waals surface area contributed by atoms with Gasteiger partial charge in [0.15, 0.2) is 13.1 Å². The molecule has 5 heteroatoms. The fourth-order valence-corrected chi connectivity index (χ4v) is 2.81. The lowest BCUT2D eigenvalue weighted by atomic mass is 10.1. The molecule has 24 heavy (non-hydrogen) atoms. The molecule has 1 unspecified atom stereocenters. The number of hydrogen-bond donors (Lipinski definition) is 2. The molecule has 1 atom stereocenters. The van der Waals surface area contributed by atoms with Crippen molar-refractivity contribution in [1.82, 2.24) is 4.90 Å². The van der Waals surface area contributed by atoms with E-state index in [9.17, 15) is 9.59 Å². The monoisotopic (exact) mass is 334 g/mol. The largest absolute Gasteiger partial charge is 0.341 e. The average molecular weight is 334 g/mol. The fourth-order valence-electron chi connectivity index (χ4n) is 2.81. The number of unbranched alkanes of at least 4 members (excludes halogenated alkanes) is 1. The second-order valence-corrected chi connectivity index (χ2v) is 6.80. The van der Waals surface area contributed by atoms with E-state index in [1.807, 2.05) is 34.9 Å². The van der Waals surface area contributed by atoms with Gasteiger partial charge in [0.05, 0.1) is 7.05 Å². The minimum atomic E-state index is -0.0634. The molecule has 0 aliphatic carbocycles. The number of nitrogens with zero attached hydrogens (tertiary/aromatic N) is 1. The van der Waals surface area contributed by atoms with Gasteiger partial charge in [-0.3, -0.25) is 9.59 Å². The first-order valence-electron chi connectivity index (χ1n) is 8.67. The van der Waals surface area contributed by atoms with Crippen molar-refractivity contribution in [2.24, 2.45) is 0 Å². The molecule has 0 fully saturated rings. The maximum atomic E-state index is 12.3. The molecule has 0 saturated carbocycles. The number of carbonyl (C=O) groups is 2. The lowest BCUT2D eigenvalue weighted by molar-refractivity contribution is -0.862. The van der Waals surface area contributed by atoms with E-state index in [0.717, 1.165) is 41.1 Å². The number of amides is 2. The van der Waals surface area contributed by atoms with Crippen molar-refractivity contribution in [1.29, 1.82) is 0 Å². The van der Waals surface area contributed by atoms with E-state index in [1.165, 1.54) is 5.56 Å². The zero-order valence-corrected chi connectivity index (χ0v) is 16.0. The Morgan fingerprint density at radius 1 is 1.12 bits per heavy atom. The summed E-state index contributed by atoms with van der Waals surface area (Å²) in [6.45, 7) is 9.53. The standard InChI is InChI=1S/C19H31N3O2/c1-7-8-9-22(6)18(24)13-21(5)12-17(23)20-19-15(3)10-14(2)11-16(19)4/h10-11H,7-9,12-13H2,1-6H3,(H,20,23)/p+1. The van der Waals surface area contributed by atoms with E-state index in [1.54, 1.807) is 4.90 Å². The smallest absolute Gasteiger partial charge is 0.279 e. The molecule has 2 amide bonds. The molecule has 0 radical (unpaired) electrons. The Morgan fingerprint density at radius 3 is 2.25 bits per heavy atom. The molecule has 0 saturated heterocycles. The van der Waals surface area contributed by atoms with Gasteiger partial charge in [0.1, 0.15) is 0 Å². The summed E-state index contributed by atoms with van der Waals surface area (Å²) in [5, 5.41) is 2.99. The molecule has 2 N–H and O–H groups in total. The van der Waals surface area contributed by atoms with Gasteiger partial charge in [-0.2, -0.15) is 0 Å². The second-order valence-electron chi connectivity index (χ2n) is 6.80. The molecule has 1 rings (SSSR count). The van der Waals surface area contributed by atoms with Crippen LogP contribution in [0.15, 0.2) is 12.1 Å². The minimum Gasteiger partial charge on any atom is -0.341 e. The molecule has 0 bridgehead atoms. The number of quaternary nitrogens is 1. The fraction of sp³-hybridized carbons (Fsp3) is 0.579. The summed E-state index contributed by atoms with van der Waals surface area (Å²) in [5.41, 5.74) is 4.19. The van der Waals surface area contributed by atoms with Gasteiger partial charge < -0.3 is 15.1 Å². The van der Waals surface area contributed by atoms with E-state index >= 15 is 0 Å². The first kappa shape index (κ1) is 20.2. The van der Waals surface area contributed by atoms with Crippen molar-refractivity contribution < 1.29 is 14.5 Å². The highest BCUT2D eigenvalue weighted by Crippen LogP contribution is 2.21. The van der Waals surface area contributed by atoms with Crippen LogP contribution in [0.2, 0.25) is 0 Å². The lowest BCUT2D eigenvalue weighted by Gasteiger charge is -2.20. The SMILES string of the molecule is CCCCN(C)C(=O)C[NH+](C)CC(=O)Nc1c(C)cc(C)cc1C. The first-order valence-corrected chi connectivity index (χ1v) is 8.67. The molecule has 0 aliphatic heterocycles. The average Bonchev–Trinajstić information content (AvgIpc) is 2.48. The van der Waals surface area contributed by atoms with Crippen molar-refractivity contribution in [2.75, 3.05) is 39.0 Å². The van der Waals surface area contributed by atoms with Crippen LogP contribution in [0.1, 0.15) is 36.5 Å². The Labute approximate surface area is 146 Å². The Morgan fingerprint density at radius 2 is 1.71 bits per heavy atom. The molecule has 0 aromatic heterocycles. The molecule has 0 spiro atoms. The van der Waals surface area contributed by atoms with Crippen LogP contribution in [0.25, 0.3) is 0 Å². The van der Waals surface area contributed by atoms with Gasteiger partial charge in [0, 0.05) is 19.3 Å². The third-order valence-electron chi connectivity index (χ3n) is 4.13. The van der Waals surface area contributed by atoms with E-state index in [0.29, 0.717) is 6.54 Å². The number of nitrogens with one attached hydrogen (secondary N) is 2. The van der Waals surface area contributed by atoms with Gasteiger partial charge >= 0.3 is 0 Å². The summed E-state index contributed by atoms with van der Waals surface area (Å²) >= 11 is 0. The summed E-state index contributed by atoms with van der Waals surface area (Å²) in [6, 6.07) is 4.12. The number of aryl methyl sites for hydroxylation is 3. The number of hydrogen-bond acceptors (Lipinski definition) is 2. The maximum Gasteiger partial charge on any atom is 0.279 e. The highest BCUT2D eigenvalue weighted by atomic mass is 16.2. The predicted molar refractivity (Wildman–Crippen MR) is 98.4 cm³/mol. The van der Waals surface area contributed by atoms with Crippen LogP contribution < -0.4 is 10.2 Å². The van der Waals surface area contributed by atoms with Crippen molar-refractivity contribution in [3.8, 4) is 0 Å². The third-order valence-corrected chi connectivity index (χ3v) is 4.13. The minimum absolute atomic E-state index is 0.0634. The molecular formula is C19H32N3O2+. The Hall–Kier alpha value is -1.88. The number of benzene rings is 1. The van der Waals surface area contributed by atoms with Crippen molar-refractivity contribution >= 4 is 17.5 Å². The first-order chi connectivity index (χ1) is 11.2. The summed E-state index contributed by atoms with van der Waals surface area (Å²) in [7, 11) is 3.70. The number of carbonyl (C=O) groups excluding carboxylic acids is 2. The van der Waals surface area contributed by atoms with Gasteiger partial charge in [-0.25, -0.2) is 0 Å². The van der Waals surface area contributed by atoms with Crippen LogP contribution in [-0.4, -0.2) is 50.4 Å². The Balaban J connectivity index is 2.54. The quantitative estimate of drug-likeness (QED) is 0.753. The van der Waals surface area contributed by atoms with Crippen LogP contribution in [-0.2, 0) is 9.59 Å². The Kier molecular flexibility index (Phi) is 7.92. The molecule has 0 heterocycles. The highest BCUT2D eigenvalue weighted by Gasteiger charge is 2.18. The highest BCUT2D eigenvalue weighted by molar-refractivity contribution is 5.93. The van der Waals surface area contributed by atoms with E-state index in [2.05, 4.69) is 24.4 Å². The maximum absolute atomic E-state index is 12.3. The number of anilines is 1. The lowest BCUT2D eigenvalue weighted by Crippen LogP contribution is -3.11. The number of rotatable bonds is 8. The van der Waals surface area contributed by atoms with Crippen LogP contribution >= 0.6 is 0 Å². The molecule has 134 valence electrons. The van der Waals surface area contributed by atoms with E-state index in [4.69, 9.17) is 0 Å². The van der Waals surface area contributed by atoms with Gasteiger partial charge in [-0.05, 0) is 38.3 Å². The molecule has 0 aliphatic rings. The van der Waals surface area contributed by atoms with Gasteiger partial charge in [-0.15, -0.1) is 0 Å². The summed E-state index contributed by atoms with van der Waals surface area (Å²) < 4.78 is 0. The van der Waals surface area contributed by atoms with Gasteiger partial charge in [0.25, 0.3) is 11.8 Å². The second kappa shape index (κ2) is 9.42. The number of likely N-dealkylation sites (N-methyl/N-ethyl adjacent to an activating group) is 2. The topological polar surface area (TPSA) is 53.9 Å². The van der Waals surface area contributed by atoms with E-state index < -0.39 is 0 Å². The normalized spacial score (nSPS) is 11.9. The zero-order chi connectivity index (χ0) is 18.3. The molecular weight excluding hydrogens is 302 g/mol. The third kappa shape index (κ3) is 6.32.